The molecule has 2 rings (SSSR count). The number of ether oxygens (including phenoxy) is 3. The summed E-state index contributed by atoms with van der Waals surface area (Å²) in [7, 11) is 0. The van der Waals surface area contributed by atoms with Crippen LogP contribution in [0.2, 0.25) is 0 Å². The van der Waals surface area contributed by atoms with E-state index in [0.29, 0.717) is 32.8 Å². The van der Waals surface area contributed by atoms with Gasteiger partial charge < -0.3 is 30.2 Å². The van der Waals surface area contributed by atoms with Crippen LogP contribution >= 0.6 is 0 Å². The van der Waals surface area contributed by atoms with Crippen molar-refractivity contribution in [1.29, 1.82) is 0 Å². The Bertz CT molecular complexity index is 588. The number of esters is 1. The van der Waals surface area contributed by atoms with Crippen LogP contribution < -0.4 is 20.7 Å². The first-order valence-electron chi connectivity index (χ1n) is 11.6. The summed E-state index contributed by atoms with van der Waals surface area (Å²) < 4.78 is 16.4. The van der Waals surface area contributed by atoms with E-state index in [9.17, 15) is 4.79 Å². The lowest BCUT2D eigenvalue weighted by atomic mass is 10.0. The van der Waals surface area contributed by atoms with Gasteiger partial charge in [-0.2, -0.15) is 0 Å². The van der Waals surface area contributed by atoms with Gasteiger partial charge in [-0.25, -0.2) is 0 Å². The van der Waals surface area contributed by atoms with Gasteiger partial charge in [0.1, 0.15) is 18.4 Å². The van der Waals surface area contributed by atoms with Gasteiger partial charge in [-0.15, -0.1) is 0 Å². The molecule has 0 radical (unpaired) electrons. The van der Waals surface area contributed by atoms with Gasteiger partial charge >= 0.3 is 5.97 Å². The molecule has 0 aromatic heterocycles. The van der Waals surface area contributed by atoms with Gasteiger partial charge in [0.15, 0.2) is 0 Å². The first kappa shape index (κ1) is 25.5. The Morgan fingerprint density at radius 2 is 1.52 bits per heavy atom. The molecule has 1 aliphatic rings. The second-order valence-electron chi connectivity index (χ2n) is 7.45. The second-order valence-corrected chi connectivity index (χ2v) is 7.45. The molecule has 0 amide bonds. The zero-order chi connectivity index (χ0) is 22.2. The third-order valence-electron chi connectivity index (χ3n) is 5.16. The standard InChI is InChI=1S/C23H40N4O4/c1-3-29-17-18-31-21-7-5-20(6-8-21)19-22(23(28)30-4-2)27-15-13-25-11-9-24-10-12-26-14-16-27/h5-8,22,24-26H,3-4,9-19H2,1-2H3. The molecule has 8 nitrogen and oxygen atoms in total. The molecule has 0 bridgehead atoms. The van der Waals surface area contributed by atoms with E-state index in [1.165, 1.54) is 0 Å². The summed E-state index contributed by atoms with van der Waals surface area (Å²) in [5.74, 6) is 0.651. The minimum atomic E-state index is -0.311. The molecule has 0 aliphatic carbocycles. The molecule has 0 spiro atoms. The summed E-state index contributed by atoms with van der Waals surface area (Å²) in [4.78, 5) is 15.1. The maximum atomic E-state index is 12.8. The summed E-state index contributed by atoms with van der Waals surface area (Å²) >= 11 is 0. The van der Waals surface area contributed by atoms with Gasteiger partial charge in [-0.1, -0.05) is 12.1 Å². The lowest BCUT2D eigenvalue weighted by molar-refractivity contribution is -0.149. The molecule has 31 heavy (non-hydrogen) atoms. The average molecular weight is 437 g/mol. The van der Waals surface area contributed by atoms with Gasteiger partial charge in [0.25, 0.3) is 0 Å². The normalized spacial score (nSPS) is 17.9. The number of benzene rings is 1. The molecule has 0 saturated carbocycles. The van der Waals surface area contributed by atoms with Crippen LogP contribution in [-0.2, 0) is 20.7 Å². The van der Waals surface area contributed by atoms with Crippen molar-refractivity contribution in [2.24, 2.45) is 0 Å². The molecular formula is C23H40N4O4. The summed E-state index contributed by atoms with van der Waals surface area (Å²) in [6.07, 6.45) is 0.611. The van der Waals surface area contributed by atoms with Crippen LogP contribution in [0.15, 0.2) is 24.3 Å². The van der Waals surface area contributed by atoms with Crippen molar-refractivity contribution >= 4 is 5.97 Å². The van der Waals surface area contributed by atoms with Crippen LogP contribution in [0, 0.1) is 0 Å². The Balaban J connectivity index is 2.01. The van der Waals surface area contributed by atoms with Gasteiger partial charge in [-0.05, 0) is 38.0 Å². The van der Waals surface area contributed by atoms with Gasteiger partial charge in [0, 0.05) is 59.0 Å². The minimum absolute atomic E-state index is 0.159. The third-order valence-corrected chi connectivity index (χ3v) is 5.16. The lowest BCUT2D eigenvalue weighted by Crippen LogP contribution is -2.50. The van der Waals surface area contributed by atoms with Crippen molar-refractivity contribution in [1.82, 2.24) is 20.9 Å². The fraction of sp³-hybridized carbons (Fsp3) is 0.696. The smallest absolute Gasteiger partial charge is 0.323 e. The Morgan fingerprint density at radius 3 is 2.10 bits per heavy atom. The van der Waals surface area contributed by atoms with Crippen molar-refractivity contribution in [2.45, 2.75) is 26.3 Å². The predicted octanol–water partition coefficient (Wildman–Crippen LogP) is 0.661. The highest BCUT2D eigenvalue weighted by Crippen LogP contribution is 2.16. The van der Waals surface area contributed by atoms with E-state index in [1.54, 1.807) is 0 Å². The Hall–Kier alpha value is -1.71. The van der Waals surface area contributed by atoms with Crippen LogP contribution in [-0.4, -0.2) is 95.7 Å². The van der Waals surface area contributed by atoms with E-state index in [1.807, 2.05) is 38.1 Å². The van der Waals surface area contributed by atoms with Crippen molar-refractivity contribution in [3.05, 3.63) is 29.8 Å². The molecule has 1 aliphatic heterocycles. The highest BCUT2D eigenvalue weighted by atomic mass is 16.5. The van der Waals surface area contributed by atoms with Gasteiger partial charge in [0.05, 0.1) is 13.2 Å². The van der Waals surface area contributed by atoms with E-state index in [0.717, 1.165) is 63.7 Å². The van der Waals surface area contributed by atoms with E-state index >= 15 is 0 Å². The number of nitrogens with one attached hydrogen (secondary N) is 3. The first-order valence-corrected chi connectivity index (χ1v) is 11.6. The minimum Gasteiger partial charge on any atom is -0.491 e. The van der Waals surface area contributed by atoms with E-state index < -0.39 is 0 Å². The van der Waals surface area contributed by atoms with Crippen molar-refractivity contribution < 1.29 is 19.0 Å². The van der Waals surface area contributed by atoms with Crippen LogP contribution in [0.3, 0.4) is 0 Å². The monoisotopic (exact) mass is 436 g/mol. The van der Waals surface area contributed by atoms with Crippen LogP contribution in [0.25, 0.3) is 0 Å². The fourth-order valence-corrected chi connectivity index (χ4v) is 3.51. The highest BCUT2D eigenvalue weighted by Gasteiger charge is 2.27. The summed E-state index contributed by atoms with van der Waals surface area (Å²) in [6.45, 7) is 13.0. The first-order chi connectivity index (χ1) is 15.2. The van der Waals surface area contributed by atoms with E-state index in [4.69, 9.17) is 14.2 Å². The van der Waals surface area contributed by atoms with Gasteiger partial charge in [0.2, 0.25) is 0 Å². The molecule has 1 fully saturated rings. The van der Waals surface area contributed by atoms with Crippen molar-refractivity contribution in [2.75, 3.05) is 78.8 Å². The highest BCUT2D eigenvalue weighted by molar-refractivity contribution is 5.76. The molecule has 176 valence electrons. The molecule has 1 unspecified atom stereocenters. The Labute approximate surface area is 187 Å². The third kappa shape index (κ3) is 10.4. The zero-order valence-corrected chi connectivity index (χ0v) is 19.2. The van der Waals surface area contributed by atoms with Crippen LogP contribution in [0.4, 0.5) is 0 Å². The Morgan fingerprint density at radius 1 is 0.903 bits per heavy atom. The molecule has 1 heterocycles. The number of carbonyl (C=O) groups is 1. The fourth-order valence-electron chi connectivity index (χ4n) is 3.51. The predicted molar refractivity (Wildman–Crippen MR) is 123 cm³/mol. The SMILES string of the molecule is CCOCCOc1ccc(CC(C(=O)OCC)N2CCNCCNCCNCC2)cc1. The topological polar surface area (TPSA) is 84.1 Å². The summed E-state index contributed by atoms with van der Waals surface area (Å²) in [5.41, 5.74) is 1.09. The van der Waals surface area contributed by atoms with E-state index in [-0.39, 0.29) is 12.0 Å². The number of rotatable bonds is 10. The molecular weight excluding hydrogens is 396 g/mol. The van der Waals surface area contributed by atoms with Crippen molar-refractivity contribution in [3.8, 4) is 5.75 Å². The van der Waals surface area contributed by atoms with Crippen LogP contribution in [0.1, 0.15) is 19.4 Å². The molecule has 8 heteroatoms. The number of hydrogen-bond acceptors (Lipinski definition) is 8. The molecule has 1 aromatic carbocycles. The molecule has 3 N–H and O–H groups in total. The maximum Gasteiger partial charge on any atom is 0.323 e. The summed E-state index contributed by atoms with van der Waals surface area (Å²) in [6, 6.07) is 7.66. The molecule has 1 aromatic rings. The number of hydrogen-bond donors (Lipinski definition) is 3. The maximum absolute atomic E-state index is 12.8. The van der Waals surface area contributed by atoms with E-state index in [2.05, 4.69) is 20.9 Å². The second kappa shape index (κ2) is 16.0. The molecule has 1 saturated heterocycles. The van der Waals surface area contributed by atoms with Crippen molar-refractivity contribution in [3.63, 3.8) is 0 Å². The zero-order valence-electron chi connectivity index (χ0n) is 19.2. The van der Waals surface area contributed by atoms with Gasteiger partial charge in [-0.3, -0.25) is 9.69 Å². The molecule has 1 atom stereocenters. The average Bonchev–Trinajstić information content (AvgIpc) is 2.77. The lowest BCUT2D eigenvalue weighted by Gasteiger charge is -2.31. The largest absolute Gasteiger partial charge is 0.491 e. The number of carbonyl (C=O) groups excluding carboxylic acids is 1. The quantitative estimate of drug-likeness (QED) is 0.365. The Kier molecular flexibility index (Phi) is 13.2. The summed E-state index contributed by atoms with van der Waals surface area (Å²) in [5, 5.41) is 10.3. The number of nitrogens with zero attached hydrogens (tertiary/aromatic N) is 1. The van der Waals surface area contributed by atoms with Crippen LogP contribution in [0.5, 0.6) is 5.75 Å².